The lowest BCUT2D eigenvalue weighted by molar-refractivity contribution is 0.410. The van der Waals surface area contributed by atoms with Crippen LogP contribution in [-0.2, 0) is 0 Å². The molecule has 3 nitrogen and oxygen atoms in total. The van der Waals surface area contributed by atoms with E-state index in [0.29, 0.717) is 6.04 Å². The molecule has 1 aromatic rings. The van der Waals surface area contributed by atoms with E-state index in [1.165, 1.54) is 37.2 Å². The van der Waals surface area contributed by atoms with Crippen molar-refractivity contribution in [2.75, 3.05) is 12.8 Å². The number of nitrogens with one attached hydrogen (secondary N) is 1. The van der Waals surface area contributed by atoms with Crippen LogP contribution in [-0.4, -0.2) is 28.2 Å². The first-order chi connectivity index (χ1) is 7.79. The van der Waals surface area contributed by atoms with Gasteiger partial charge in [-0.2, -0.15) is 4.37 Å². The summed E-state index contributed by atoms with van der Waals surface area (Å²) in [6.45, 7) is 1.95. The van der Waals surface area contributed by atoms with Gasteiger partial charge in [-0.15, -0.1) is 0 Å². The zero-order chi connectivity index (χ0) is 11.4. The van der Waals surface area contributed by atoms with E-state index in [0.717, 1.165) is 21.8 Å². The fraction of sp³-hybridized carbons (Fsp3) is 0.818. The highest BCUT2D eigenvalue weighted by Crippen LogP contribution is 2.30. The van der Waals surface area contributed by atoms with Crippen LogP contribution in [0.1, 0.15) is 31.5 Å². The summed E-state index contributed by atoms with van der Waals surface area (Å²) < 4.78 is 5.31. The van der Waals surface area contributed by atoms with Gasteiger partial charge in [-0.05, 0) is 44.3 Å². The van der Waals surface area contributed by atoms with E-state index in [1.54, 1.807) is 0 Å². The molecule has 2 rings (SSSR count). The molecule has 0 radical (unpaired) electrons. The van der Waals surface area contributed by atoms with Crippen molar-refractivity contribution in [3.63, 3.8) is 0 Å². The lowest BCUT2D eigenvalue weighted by Crippen LogP contribution is -2.34. The molecule has 1 fully saturated rings. The van der Waals surface area contributed by atoms with Gasteiger partial charge in [0.1, 0.15) is 5.82 Å². The van der Waals surface area contributed by atoms with E-state index in [4.69, 9.17) is 0 Å². The van der Waals surface area contributed by atoms with Gasteiger partial charge >= 0.3 is 0 Å². The number of aromatic nitrogens is 2. The van der Waals surface area contributed by atoms with E-state index in [1.807, 2.05) is 18.7 Å². The second-order valence-electron chi connectivity index (χ2n) is 4.36. The Hall–Kier alpha value is -0.130. The van der Waals surface area contributed by atoms with E-state index in [-0.39, 0.29) is 0 Å². The minimum Gasteiger partial charge on any atom is -0.316 e. The van der Waals surface area contributed by atoms with Crippen LogP contribution in [0.25, 0.3) is 0 Å². The summed E-state index contributed by atoms with van der Waals surface area (Å²) >= 11 is 3.36. The molecule has 1 aromatic heterocycles. The summed E-state index contributed by atoms with van der Waals surface area (Å²) in [7, 11) is 2.08. The molecular formula is C11H19N3S2. The molecule has 16 heavy (non-hydrogen) atoms. The molecule has 90 valence electrons. The van der Waals surface area contributed by atoms with Crippen LogP contribution in [0.3, 0.4) is 0 Å². The van der Waals surface area contributed by atoms with Crippen molar-refractivity contribution < 1.29 is 0 Å². The van der Waals surface area contributed by atoms with Gasteiger partial charge < -0.3 is 5.32 Å². The van der Waals surface area contributed by atoms with Crippen LogP contribution in [0.5, 0.6) is 0 Å². The van der Waals surface area contributed by atoms with Gasteiger partial charge in [0.2, 0.25) is 0 Å². The predicted octanol–water partition coefficient (Wildman–Crippen LogP) is 2.72. The number of aryl methyl sites for hydroxylation is 1. The summed E-state index contributed by atoms with van der Waals surface area (Å²) in [4.78, 5) is 4.39. The third-order valence-electron chi connectivity index (χ3n) is 3.23. The van der Waals surface area contributed by atoms with Crippen molar-refractivity contribution in [2.24, 2.45) is 5.92 Å². The van der Waals surface area contributed by atoms with Gasteiger partial charge in [0.25, 0.3) is 0 Å². The Morgan fingerprint density at radius 2 is 2.25 bits per heavy atom. The second-order valence-corrected chi connectivity index (χ2v) is 6.38. The smallest absolute Gasteiger partial charge is 0.170 e. The van der Waals surface area contributed by atoms with Gasteiger partial charge in [-0.25, -0.2) is 4.98 Å². The van der Waals surface area contributed by atoms with Crippen LogP contribution < -0.4 is 5.32 Å². The molecular weight excluding hydrogens is 238 g/mol. The maximum absolute atomic E-state index is 4.39. The minimum atomic E-state index is 0.636. The highest BCUT2D eigenvalue weighted by atomic mass is 32.2. The molecule has 1 aliphatic rings. The molecule has 1 unspecified atom stereocenters. The number of hydrogen-bond acceptors (Lipinski definition) is 5. The Bertz CT molecular complexity index is 321. The number of thioether (sulfide) groups is 1. The summed E-state index contributed by atoms with van der Waals surface area (Å²) in [5, 5.41) is 3.46. The van der Waals surface area contributed by atoms with Crippen LogP contribution >= 0.6 is 23.3 Å². The largest absolute Gasteiger partial charge is 0.316 e. The molecule has 1 N–H and O–H groups in total. The number of hydrogen-bond donors (Lipinski definition) is 1. The third-order valence-corrected chi connectivity index (χ3v) is 5.28. The molecule has 0 bridgehead atoms. The lowest BCUT2D eigenvalue weighted by Gasteiger charge is -2.21. The van der Waals surface area contributed by atoms with E-state index < -0.39 is 0 Å². The van der Waals surface area contributed by atoms with Crippen LogP contribution in [0.4, 0.5) is 0 Å². The molecule has 1 aliphatic carbocycles. The second kappa shape index (κ2) is 5.98. The summed E-state index contributed by atoms with van der Waals surface area (Å²) in [6.07, 6.45) is 5.60. The molecule has 1 saturated carbocycles. The van der Waals surface area contributed by atoms with Gasteiger partial charge in [0, 0.05) is 11.8 Å². The minimum absolute atomic E-state index is 0.636. The summed E-state index contributed by atoms with van der Waals surface area (Å²) in [5.41, 5.74) is 0. The number of nitrogens with zero attached hydrogens (tertiary/aromatic N) is 2. The fourth-order valence-electron chi connectivity index (χ4n) is 2.31. The van der Waals surface area contributed by atoms with Crippen molar-refractivity contribution in [1.29, 1.82) is 0 Å². The third kappa shape index (κ3) is 3.18. The van der Waals surface area contributed by atoms with Gasteiger partial charge in [0.05, 0.1) is 0 Å². The molecule has 1 atom stereocenters. The molecule has 1 heterocycles. The summed E-state index contributed by atoms with van der Waals surface area (Å²) in [5.74, 6) is 2.89. The molecule has 0 saturated heterocycles. The Morgan fingerprint density at radius 3 is 2.81 bits per heavy atom. The average molecular weight is 257 g/mol. The zero-order valence-electron chi connectivity index (χ0n) is 9.90. The normalized spacial score (nSPS) is 19.1. The van der Waals surface area contributed by atoms with E-state index >= 15 is 0 Å². The average Bonchev–Trinajstić information content (AvgIpc) is 2.91. The van der Waals surface area contributed by atoms with Crippen LogP contribution in [0.2, 0.25) is 0 Å². The van der Waals surface area contributed by atoms with Crippen molar-refractivity contribution in [1.82, 2.24) is 14.7 Å². The van der Waals surface area contributed by atoms with Gasteiger partial charge in [-0.1, -0.05) is 24.6 Å². The Balaban J connectivity index is 1.82. The maximum Gasteiger partial charge on any atom is 0.170 e. The molecule has 5 heteroatoms. The predicted molar refractivity (Wildman–Crippen MR) is 70.2 cm³/mol. The van der Waals surface area contributed by atoms with Crippen LogP contribution in [0.15, 0.2) is 4.34 Å². The molecule has 0 spiro atoms. The highest BCUT2D eigenvalue weighted by Gasteiger charge is 2.23. The van der Waals surface area contributed by atoms with Crippen LogP contribution in [0, 0.1) is 12.8 Å². The van der Waals surface area contributed by atoms with Gasteiger partial charge in [-0.3, -0.25) is 0 Å². The molecule has 0 amide bonds. The quantitative estimate of drug-likeness (QED) is 0.823. The van der Waals surface area contributed by atoms with Crippen molar-refractivity contribution in [3.05, 3.63) is 5.82 Å². The van der Waals surface area contributed by atoms with Crippen molar-refractivity contribution >= 4 is 23.3 Å². The first-order valence-electron chi connectivity index (χ1n) is 5.90. The first kappa shape index (κ1) is 12.3. The molecule has 0 aliphatic heterocycles. The monoisotopic (exact) mass is 257 g/mol. The topological polar surface area (TPSA) is 37.8 Å². The van der Waals surface area contributed by atoms with E-state index in [9.17, 15) is 0 Å². The Labute approximate surface area is 106 Å². The van der Waals surface area contributed by atoms with Crippen molar-refractivity contribution in [3.8, 4) is 0 Å². The van der Waals surface area contributed by atoms with Gasteiger partial charge in [0.15, 0.2) is 4.34 Å². The summed E-state index contributed by atoms with van der Waals surface area (Å²) in [6, 6.07) is 0.636. The highest BCUT2D eigenvalue weighted by molar-refractivity contribution is 8.00. The SMILES string of the molecule is CNC(CSc1nc(C)ns1)C1CCCC1. The van der Waals surface area contributed by atoms with E-state index in [2.05, 4.69) is 21.7 Å². The Kier molecular flexibility index (Phi) is 4.61. The van der Waals surface area contributed by atoms with Crippen molar-refractivity contribution in [2.45, 2.75) is 43.0 Å². The number of rotatable bonds is 5. The first-order valence-corrected chi connectivity index (χ1v) is 7.66. The molecule has 0 aromatic carbocycles. The maximum atomic E-state index is 4.39. The Morgan fingerprint density at radius 1 is 1.50 bits per heavy atom. The fourth-order valence-corrected chi connectivity index (χ4v) is 4.22. The zero-order valence-corrected chi connectivity index (χ0v) is 11.5. The lowest BCUT2D eigenvalue weighted by atomic mass is 10.0. The standard InChI is InChI=1S/C11H19N3S2/c1-8-13-11(16-14-8)15-7-10(12-2)9-5-3-4-6-9/h9-10,12H,3-7H2,1-2H3.